The Kier molecular flexibility index (Phi) is 5.14. The summed E-state index contributed by atoms with van der Waals surface area (Å²) in [6, 6.07) is 10.4. The van der Waals surface area contributed by atoms with Crippen LogP contribution >= 0.6 is 0 Å². The van der Waals surface area contributed by atoms with Crippen molar-refractivity contribution in [2.75, 3.05) is 10.6 Å². The molecule has 4 nitrogen and oxygen atoms in total. The molecular formula is C17H24N4. The van der Waals surface area contributed by atoms with Gasteiger partial charge in [-0.25, -0.2) is 9.97 Å². The molecule has 0 aliphatic heterocycles. The summed E-state index contributed by atoms with van der Waals surface area (Å²) in [7, 11) is 0. The molecular weight excluding hydrogens is 260 g/mol. The summed E-state index contributed by atoms with van der Waals surface area (Å²) in [6.07, 6.45) is 2.88. The van der Waals surface area contributed by atoms with Gasteiger partial charge in [0.1, 0.15) is 11.6 Å². The van der Waals surface area contributed by atoms with Crippen molar-refractivity contribution < 1.29 is 0 Å². The number of anilines is 3. The van der Waals surface area contributed by atoms with Crippen LogP contribution in [0.2, 0.25) is 0 Å². The summed E-state index contributed by atoms with van der Waals surface area (Å²) in [5, 5.41) is 6.69. The first-order valence-electron chi connectivity index (χ1n) is 7.47. The van der Waals surface area contributed by atoms with Crippen LogP contribution in [-0.4, -0.2) is 16.0 Å². The molecule has 1 aromatic heterocycles. The Bertz CT molecular complexity index is 566. The molecule has 0 radical (unpaired) electrons. The van der Waals surface area contributed by atoms with Crippen LogP contribution in [0.4, 0.5) is 17.3 Å². The SMILES string of the molecule is Cc1nc(Nc2ccccc2)cnc1NC(C)CC(C)C. The van der Waals surface area contributed by atoms with E-state index >= 15 is 0 Å². The predicted octanol–water partition coefficient (Wildman–Crippen LogP) is 4.38. The number of nitrogens with one attached hydrogen (secondary N) is 2. The van der Waals surface area contributed by atoms with E-state index in [9.17, 15) is 0 Å². The molecule has 0 aliphatic rings. The van der Waals surface area contributed by atoms with E-state index in [1.54, 1.807) is 6.20 Å². The lowest BCUT2D eigenvalue weighted by molar-refractivity contribution is 0.538. The third-order valence-electron chi connectivity index (χ3n) is 3.20. The molecule has 2 aromatic rings. The van der Waals surface area contributed by atoms with E-state index in [1.807, 2.05) is 37.3 Å². The normalized spacial score (nSPS) is 12.2. The second-order valence-electron chi connectivity index (χ2n) is 5.86. The Balaban J connectivity index is 2.03. The third-order valence-corrected chi connectivity index (χ3v) is 3.20. The highest BCUT2D eigenvalue weighted by atomic mass is 15.1. The van der Waals surface area contributed by atoms with Crippen molar-refractivity contribution >= 4 is 17.3 Å². The topological polar surface area (TPSA) is 49.8 Å². The van der Waals surface area contributed by atoms with Crippen molar-refractivity contribution in [2.24, 2.45) is 5.92 Å². The van der Waals surface area contributed by atoms with Gasteiger partial charge >= 0.3 is 0 Å². The Hall–Kier alpha value is -2.10. The van der Waals surface area contributed by atoms with E-state index in [-0.39, 0.29) is 0 Å². The van der Waals surface area contributed by atoms with Crippen LogP contribution in [0, 0.1) is 12.8 Å². The van der Waals surface area contributed by atoms with Gasteiger partial charge in [-0.15, -0.1) is 0 Å². The maximum Gasteiger partial charge on any atom is 0.149 e. The highest BCUT2D eigenvalue weighted by Gasteiger charge is 2.09. The molecule has 0 fully saturated rings. The number of hydrogen-bond acceptors (Lipinski definition) is 4. The minimum atomic E-state index is 0.394. The monoisotopic (exact) mass is 284 g/mol. The van der Waals surface area contributed by atoms with Crippen molar-refractivity contribution in [3.63, 3.8) is 0 Å². The van der Waals surface area contributed by atoms with Gasteiger partial charge in [0.15, 0.2) is 0 Å². The zero-order valence-electron chi connectivity index (χ0n) is 13.2. The fraction of sp³-hybridized carbons (Fsp3) is 0.412. The van der Waals surface area contributed by atoms with Crippen LogP contribution in [0.25, 0.3) is 0 Å². The first-order valence-corrected chi connectivity index (χ1v) is 7.47. The van der Waals surface area contributed by atoms with E-state index in [0.717, 1.165) is 29.4 Å². The summed E-state index contributed by atoms with van der Waals surface area (Å²) in [6.45, 7) is 8.61. The van der Waals surface area contributed by atoms with Gasteiger partial charge in [0, 0.05) is 11.7 Å². The van der Waals surface area contributed by atoms with Gasteiger partial charge in [0.25, 0.3) is 0 Å². The second-order valence-corrected chi connectivity index (χ2v) is 5.86. The number of rotatable bonds is 6. The molecule has 1 heterocycles. The molecule has 1 atom stereocenters. The fourth-order valence-corrected chi connectivity index (χ4v) is 2.35. The Morgan fingerprint density at radius 3 is 2.43 bits per heavy atom. The molecule has 2 N–H and O–H groups in total. The number of para-hydroxylation sites is 1. The number of benzene rings is 1. The largest absolute Gasteiger partial charge is 0.366 e. The van der Waals surface area contributed by atoms with E-state index < -0.39 is 0 Å². The highest BCUT2D eigenvalue weighted by molar-refractivity contribution is 5.56. The number of nitrogens with zero attached hydrogens (tertiary/aromatic N) is 2. The maximum absolute atomic E-state index is 4.56. The van der Waals surface area contributed by atoms with Crippen molar-refractivity contribution in [3.8, 4) is 0 Å². The standard InChI is InChI=1S/C17H24N4/c1-12(2)10-13(3)19-17-14(4)20-16(11-18-17)21-15-8-6-5-7-9-15/h5-9,11-13H,10H2,1-4H3,(H,18,19)(H,20,21). The summed E-state index contributed by atoms with van der Waals surface area (Å²) in [4.78, 5) is 9.05. The van der Waals surface area contributed by atoms with Crippen LogP contribution in [0.15, 0.2) is 36.5 Å². The first kappa shape index (κ1) is 15.3. The molecule has 112 valence electrons. The van der Waals surface area contributed by atoms with Crippen LogP contribution in [-0.2, 0) is 0 Å². The Morgan fingerprint density at radius 1 is 1.10 bits per heavy atom. The molecule has 2 rings (SSSR count). The number of aryl methyl sites for hydroxylation is 1. The first-order chi connectivity index (χ1) is 10.0. The van der Waals surface area contributed by atoms with Crippen molar-refractivity contribution in [1.29, 1.82) is 0 Å². The second kappa shape index (κ2) is 7.07. The van der Waals surface area contributed by atoms with Crippen LogP contribution < -0.4 is 10.6 Å². The van der Waals surface area contributed by atoms with Crippen molar-refractivity contribution in [2.45, 2.75) is 40.2 Å². The molecule has 1 unspecified atom stereocenters. The minimum Gasteiger partial charge on any atom is -0.366 e. The predicted molar refractivity (Wildman–Crippen MR) is 89.0 cm³/mol. The maximum atomic E-state index is 4.56. The lowest BCUT2D eigenvalue weighted by Crippen LogP contribution is -2.19. The third kappa shape index (κ3) is 4.74. The lowest BCUT2D eigenvalue weighted by Gasteiger charge is -2.18. The Labute approximate surface area is 127 Å². The summed E-state index contributed by atoms with van der Waals surface area (Å²) in [5.74, 6) is 2.29. The zero-order valence-corrected chi connectivity index (χ0v) is 13.2. The van der Waals surface area contributed by atoms with E-state index in [0.29, 0.717) is 12.0 Å². The molecule has 0 amide bonds. The van der Waals surface area contributed by atoms with Gasteiger partial charge in [0.05, 0.1) is 11.9 Å². The average Bonchev–Trinajstić information content (AvgIpc) is 2.42. The van der Waals surface area contributed by atoms with E-state index in [1.165, 1.54) is 0 Å². The average molecular weight is 284 g/mol. The van der Waals surface area contributed by atoms with Crippen LogP contribution in [0.3, 0.4) is 0 Å². The van der Waals surface area contributed by atoms with Crippen molar-refractivity contribution in [1.82, 2.24) is 9.97 Å². The van der Waals surface area contributed by atoms with Gasteiger partial charge in [0.2, 0.25) is 0 Å². The number of aromatic nitrogens is 2. The van der Waals surface area contributed by atoms with Crippen molar-refractivity contribution in [3.05, 3.63) is 42.2 Å². The molecule has 0 bridgehead atoms. The number of hydrogen-bond donors (Lipinski definition) is 2. The molecule has 0 aliphatic carbocycles. The summed E-state index contributed by atoms with van der Waals surface area (Å²) in [5.41, 5.74) is 1.92. The van der Waals surface area contributed by atoms with E-state index in [4.69, 9.17) is 0 Å². The minimum absolute atomic E-state index is 0.394. The summed E-state index contributed by atoms with van der Waals surface area (Å²) >= 11 is 0. The van der Waals surface area contributed by atoms with Crippen LogP contribution in [0.1, 0.15) is 32.9 Å². The molecule has 0 saturated heterocycles. The van der Waals surface area contributed by atoms with Gasteiger partial charge in [-0.3, -0.25) is 0 Å². The lowest BCUT2D eigenvalue weighted by atomic mass is 10.1. The highest BCUT2D eigenvalue weighted by Crippen LogP contribution is 2.18. The molecule has 1 aromatic carbocycles. The smallest absolute Gasteiger partial charge is 0.149 e. The van der Waals surface area contributed by atoms with Gasteiger partial charge < -0.3 is 10.6 Å². The Morgan fingerprint density at radius 2 is 1.81 bits per heavy atom. The van der Waals surface area contributed by atoms with Gasteiger partial charge in [-0.1, -0.05) is 32.0 Å². The molecule has 21 heavy (non-hydrogen) atoms. The van der Waals surface area contributed by atoms with Gasteiger partial charge in [-0.2, -0.15) is 0 Å². The molecule has 0 spiro atoms. The fourth-order valence-electron chi connectivity index (χ4n) is 2.35. The molecule has 4 heteroatoms. The van der Waals surface area contributed by atoms with Gasteiger partial charge in [-0.05, 0) is 38.3 Å². The zero-order chi connectivity index (χ0) is 15.2. The van der Waals surface area contributed by atoms with E-state index in [2.05, 4.69) is 41.4 Å². The molecule has 0 saturated carbocycles. The summed E-state index contributed by atoms with van der Waals surface area (Å²) < 4.78 is 0. The van der Waals surface area contributed by atoms with Crippen LogP contribution in [0.5, 0.6) is 0 Å². The quantitative estimate of drug-likeness (QED) is 0.826.